The van der Waals surface area contributed by atoms with Gasteiger partial charge in [-0.3, -0.25) is 14.4 Å². The summed E-state index contributed by atoms with van der Waals surface area (Å²) < 4.78 is 31.1. The molecular formula is C31H41ClN4O4S. The van der Waals surface area contributed by atoms with Gasteiger partial charge in [-0.1, -0.05) is 50.1 Å². The molecule has 1 aliphatic heterocycles. The number of amides is 1. The van der Waals surface area contributed by atoms with Crippen LogP contribution < -0.4 is 20.1 Å². The smallest absolute Gasteiger partial charge is 0.241 e. The van der Waals surface area contributed by atoms with E-state index in [4.69, 9.17) is 4.74 Å². The zero-order valence-corrected chi connectivity index (χ0v) is 25.3. The predicted molar refractivity (Wildman–Crippen MR) is 168 cm³/mol. The molecule has 8 nitrogen and oxygen atoms in total. The minimum atomic E-state index is -3.31. The van der Waals surface area contributed by atoms with Gasteiger partial charge in [0.2, 0.25) is 15.9 Å². The monoisotopic (exact) mass is 600 g/mol. The molecule has 1 fully saturated rings. The maximum absolute atomic E-state index is 13.0. The lowest BCUT2D eigenvalue weighted by Crippen LogP contribution is -2.50. The van der Waals surface area contributed by atoms with Gasteiger partial charge in [-0.25, -0.2) is 8.42 Å². The number of carbonyl (C=O) groups is 1. The Morgan fingerprint density at radius 2 is 1.54 bits per heavy atom. The Morgan fingerprint density at radius 1 is 0.927 bits per heavy atom. The molecule has 1 atom stereocenters. The maximum atomic E-state index is 13.0. The molecule has 1 unspecified atom stereocenters. The highest BCUT2D eigenvalue weighted by molar-refractivity contribution is 7.92. The third-order valence-corrected chi connectivity index (χ3v) is 7.56. The Kier molecular flexibility index (Phi) is 12.5. The molecule has 1 amide bonds. The van der Waals surface area contributed by atoms with Crippen LogP contribution in [0.2, 0.25) is 0 Å². The van der Waals surface area contributed by atoms with Crippen LogP contribution in [0.5, 0.6) is 11.5 Å². The Hall–Kier alpha value is -3.11. The van der Waals surface area contributed by atoms with E-state index >= 15 is 0 Å². The number of para-hydroxylation sites is 1. The van der Waals surface area contributed by atoms with E-state index in [1.807, 2.05) is 42.5 Å². The van der Waals surface area contributed by atoms with Gasteiger partial charge < -0.3 is 15.4 Å². The number of nitrogens with zero attached hydrogens (tertiary/aromatic N) is 1. The Morgan fingerprint density at radius 3 is 2.12 bits per heavy atom. The average Bonchev–Trinajstić information content (AvgIpc) is 2.94. The summed E-state index contributed by atoms with van der Waals surface area (Å²) in [6.45, 7) is 4.98. The van der Waals surface area contributed by atoms with E-state index < -0.39 is 10.0 Å². The minimum absolute atomic E-state index is 0. The van der Waals surface area contributed by atoms with Gasteiger partial charge in [0.1, 0.15) is 11.5 Å². The van der Waals surface area contributed by atoms with Crippen molar-refractivity contribution >= 4 is 39.7 Å². The number of hydrogen-bond acceptors (Lipinski definition) is 6. The number of unbranched alkanes of at least 4 members (excludes halogenated alkanes) is 1. The van der Waals surface area contributed by atoms with Crippen molar-refractivity contribution in [1.29, 1.82) is 0 Å². The number of halogens is 1. The standard InChI is InChI=1S/C31H40N4O4S.ClH/c1-3-4-10-30(31(36)33-25-8-6-5-7-9-25)32-26-19-21-35(22-20-26)23-24-11-15-28(16-12-24)39-29-17-13-27(14-18-29)34-40(2,37)38;/h5-9,11-18,26,30,32,34H,3-4,10,19-23H2,1-2H3,(H,33,36);1H. The zero-order valence-electron chi connectivity index (χ0n) is 23.7. The molecule has 0 aromatic heterocycles. The SMILES string of the molecule is CCCCC(NC1CCN(Cc2ccc(Oc3ccc(NS(C)(=O)=O)cc3)cc2)CC1)C(=O)Nc1ccccc1.Cl. The number of carbonyl (C=O) groups excluding carboxylic acids is 1. The number of sulfonamides is 1. The van der Waals surface area contributed by atoms with Crippen molar-refractivity contribution in [2.45, 2.75) is 57.7 Å². The van der Waals surface area contributed by atoms with Crippen LogP contribution in [0.25, 0.3) is 0 Å². The lowest BCUT2D eigenvalue weighted by atomic mass is 10.0. The number of likely N-dealkylation sites (tertiary alicyclic amines) is 1. The third-order valence-electron chi connectivity index (χ3n) is 6.95. The second kappa shape index (κ2) is 15.8. The summed E-state index contributed by atoms with van der Waals surface area (Å²) in [5.74, 6) is 1.41. The van der Waals surface area contributed by atoms with Crippen LogP contribution in [-0.4, -0.2) is 50.7 Å². The summed E-state index contributed by atoms with van der Waals surface area (Å²) in [7, 11) is -3.31. The number of nitrogens with one attached hydrogen (secondary N) is 3. The molecule has 3 aromatic carbocycles. The van der Waals surface area contributed by atoms with Crippen LogP contribution in [0.3, 0.4) is 0 Å². The number of benzene rings is 3. The third kappa shape index (κ3) is 11.0. The molecule has 3 aromatic rings. The summed E-state index contributed by atoms with van der Waals surface area (Å²) >= 11 is 0. The lowest BCUT2D eigenvalue weighted by molar-refractivity contribution is -0.118. The molecule has 1 saturated heterocycles. The largest absolute Gasteiger partial charge is 0.457 e. The van der Waals surface area contributed by atoms with Gasteiger partial charge in [-0.15, -0.1) is 12.4 Å². The second-order valence-corrected chi connectivity index (χ2v) is 12.2. The van der Waals surface area contributed by atoms with Crippen molar-refractivity contribution in [3.8, 4) is 11.5 Å². The van der Waals surface area contributed by atoms with Crippen LogP contribution in [0.15, 0.2) is 78.9 Å². The molecule has 222 valence electrons. The second-order valence-electron chi connectivity index (χ2n) is 10.4. The fraction of sp³-hybridized carbons (Fsp3) is 0.387. The van der Waals surface area contributed by atoms with Crippen molar-refractivity contribution in [3.05, 3.63) is 84.4 Å². The highest BCUT2D eigenvalue weighted by Gasteiger charge is 2.25. The molecule has 4 rings (SSSR count). The fourth-order valence-electron chi connectivity index (χ4n) is 4.85. The first-order chi connectivity index (χ1) is 19.3. The van der Waals surface area contributed by atoms with E-state index in [1.54, 1.807) is 24.3 Å². The summed E-state index contributed by atoms with van der Waals surface area (Å²) in [6.07, 6.45) is 6.05. The van der Waals surface area contributed by atoms with Gasteiger partial charge in [0.25, 0.3) is 0 Å². The molecule has 10 heteroatoms. The van der Waals surface area contributed by atoms with Crippen LogP contribution in [-0.2, 0) is 21.4 Å². The van der Waals surface area contributed by atoms with Crippen molar-refractivity contribution in [2.24, 2.45) is 0 Å². The molecular weight excluding hydrogens is 560 g/mol. The van der Waals surface area contributed by atoms with E-state index in [9.17, 15) is 13.2 Å². The minimum Gasteiger partial charge on any atom is -0.457 e. The predicted octanol–water partition coefficient (Wildman–Crippen LogP) is 6.02. The van der Waals surface area contributed by atoms with Crippen LogP contribution in [0, 0.1) is 0 Å². The molecule has 3 N–H and O–H groups in total. The molecule has 0 spiro atoms. The van der Waals surface area contributed by atoms with E-state index in [0.717, 1.165) is 69.4 Å². The van der Waals surface area contributed by atoms with Crippen molar-refractivity contribution in [2.75, 3.05) is 29.4 Å². The fourth-order valence-corrected chi connectivity index (χ4v) is 5.42. The van der Waals surface area contributed by atoms with Crippen LogP contribution in [0.1, 0.15) is 44.6 Å². The molecule has 0 radical (unpaired) electrons. The van der Waals surface area contributed by atoms with E-state index in [-0.39, 0.29) is 24.4 Å². The molecule has 41 heavy (non-hydrogen) atoms. The van der Waals surface area contributed by atoms with Gasteiger partial charge in [0.15, 0.2) is 0 Å². The van der Waals surface area contributed by atoms with Gasteiger partial charge in [0.05, 0.1) is 12.3 Å². The lowest BCUT2D eigenvalue weighted by Gasteiger charge is -2.34. The number of hydrogen-bond donors (Lipinski definition) is 3. The van der Waals surface area contributed by atoms with Crippen molar-refractivity contribution < 1.29 is 17.9 Å². The van der Waals surface area contributed by atoms with E-state index in [2.05, 4.69) is 39.3 Å². The molecule has 0 aliphatic carbocycles. The van der Waals surface area contributed by atoms with Gasteiger partial charge in [0, 0.05) is 24.0 Å². The van der Waals surface area contributed by atoms with Crippen molar-refractivity contribution in [3.63, 3.8) is 0 Å². The summed E-state index contributed by atoms with van der Waals surface area (Å²) in [4.78, 5) is 15.4. The Balaban J connectivity index is 0.00000462. The topological polar surface area (TPSA) is 99.8 Å². The van der Waals surface area contributed by atoms with Crippen LogP contribution in [0.4, 0.5) is 11.4 Å². The Bertz CT molecular complexity index is 1310. The van der Waals surface area contributed by atoms with Crippen molar-refractivity contribution in [1.82, 2.24) is 10.2 Å². The molecule has 1 aliphatic rings. The highest BCUT2D eigenvalue weighted by atomic mass is 35.5. The van der Waals surface area contributed by atoms with E-state index in [1.165, 1.54) is 5.56 Å². The highest BCUT2D eigenvalue weighted by Crippen LogP contribution is 2.24. The van der Waals surface area contributed by atoms with Gasteiger partial charge in [-0.05, 0) is 86.4 Å². The number of rotatable bonds is 13. The quantitative estimate of drug-likeness (QED) is 0.222. The van der Waals surface area contributed by atoms with Gasteiger partial charge in [-0.2, -0.15) is 0 Å². The number of ether oxygens (including phenoxy) is 1. The summed E-state index contributed by atoms with van der Waals surface area (Å²) in [5.41, 5.74) is 2.55. The first kappa shape index (κ1) is 32.4. The molecule has 1 heterocycles. The first-order valence-electron chi connectivity index (χ1n) is 14.0. The Labute approximate surface area is 250 Å². The number of piperidine rings is 1. The molecule has 0 bridgehead atoms. The summed E-state index contributed by atoms with van der Waals surface area (Å²) in [5, 5.41) is 6.72. The summed E-state index contributed by atoms with van der Waals surface area (Å²) in [6, 6.07) is 24.7. The molecule has 0 saturated carbocycles. The maximum Gasteiger partial charge on any atom is 0.241 e. The number of anilines is 2. The van der Waals surface area contributed by atoms with Gasteiger partial charge >= 0.3 is 0 Å². The zero-order chi connectivity index (χ0) is 28.4. The average molecular weight is 601 g/mol. The van der Waals surface area contributed by atoms with Crippen LogP contribution >= 0.6 is 12.4 Å². The first-order valence-corrected chi connectivity index (χ1v) is 15.9. The van der Waals surface area contributed by atoms with E-state index in [0.29, 0.717) is 17.5 Å². The normalized spacial score (nSPS) is 15.0.